The minimum absolute atomic E-state index is 0. The molecule has 3 N–H and O–H groups in total. The Hall–Kier alpha value is -1.39. The largest absolute Gasteiger partial charge is 0.290 e. The van der Waals surface area contributed by atoms with E-state index in [0.29, 0.717) is 5.69 Å². The minimum Gasteiger partial charge on any atom is -0.290 e. The lowest BCUT2D eigenvalue weighted by Gasteiger charge is -2.01. The number of carbonyl (C=O) groups excluding carboxylic acids is 1. The topological polar surface area (TPSA) is 68.0 Å². The van der Waals surface area contributed by atoms with Crippen molar-refractivity contribution in [3.63, 3.8) is 0 Å². The van der Waals surface area contributed by atoms with E-state index in [2.05, 4.69) is 11.6 Å². The summed E-state index contributed by atoms with van der Waals surface area (Å²) >= 11 is 0. The van der Waals surface area contributed by atoms with Crippen LogP contribution in [0.3, 0.4) is 0 Å². The molecule has 5 heteroatoms. The zero-order valence-corrected chi connectivity index (χ0v) is 7.67. The highest BCUT2D eigenvalue weighted by Gasteiger charge is 2.07. The predicted octanol–water partition coefficient (Wildman–Crippen LogP) is 0.506. The predicted molar refractivity (Wildman–Crippen MR) is 52.8 cm³/mol. The lowest BCUT2D eigenvalue weighted by atomic mass is 10.2. The van der Waals surface area contributed by atoms with Crippen molar-refractivity contribution in [2.45, 2.75) is 0 Å². The van der Waals surface area contributed by atoms with Gasteiger partial charge in [-0.2, -0.15) is 0 Å². The lowest BCUT2D eigenvalue weighted by molar-refractivity contribution is -0.115. The van der Waals surface area contributed by atoms with E-state index in [4.69, 9.17) is 5.84 Å². The molecule has 1 aromatic rings. The van der Waals surface area contributed by atoms with Crippen LogP contribution in [0.5, 0.6) is 0 Å². The standard InChI is InChI=1S/C8H9N3O.ClH/c1-6(8(12)11-9)7-4-2-3-5-10-7;/h2-5H,1,9H2,(H,11,12);1H. The molecule has 0 spiro atoms. The number of rotatable bonds is 2. The van der Waals surface area contributed by atoms with Crippen LogP contribution in [0.4, 0.5) is 0 Å². The van der Waals surface area contributed by atoms with Gasteiger partial charge in [0.2, 0.25) is 0 Å². The van der Waals surface area contributed by atoms with Crippen molar-refractivity contribution in [3.8, 4) is 0 Å². The number of halogens is 1. The van der Waals surface area contributed by atoms with Gasteiger partial charge < -0.3 is 0 Å². The van der Waals surface area contributed by atoms with Gasteiger partial charge >= 0.3 is 0 Å². The van der Waals surface area contributed by atoms with Gasteiger partial charge in [-0.25, -0.2) is 5.84 Å². The number of nitrogens with one attached hydrogen (secondary N) is 1. The van der Waals surface area contributed by atoms with Crippen LogP contribution >= 0.6 is 12.4 Å². The van der Waals surface area contributed by atoms with Crippen LogP contribution in [0.2, 0.25) is 0 Å². The molecule has 13 heavy (non-hydrogen) atoms. The van der Waals surface area contributed by atoms with Crippen LogP contribution in [0.1, 0.15) is 5.69 Å². The number of hydrogen-bond acceptors (Lipinski definition) is 3. The van der Waals surface area contributed by atoms with Crippen LogP contribution in [0, 0.1) is 0 Å². The first-order valence-corrected chi connectivity index (χ1v) is 3.37. The molecule has 0 saturated carbocycles. The van der Waals surface area contributed by atoms with Crippen LogP contribution in [-0.2, 0) is 4.79 Å². The Balaban J connectivity index is 0.00000144. The van der Waals surface area contributed by atoms with Crippen molar-refractivity contribution in [3.05, 3.63) is 36.7 Å². The van der Waals surface area contributed by atoms with E-state index in [-0.39, 0.29) is 18.0 Å². The number of pyridine rings is 1. The molecular formula is C8H10ClN3O. The fourth-order valence-electron chi connectivity index (χ4n) is 0.745. The first kappa shape index (κ1) is 11.6. The van der Waals surface area contributed by atoms with Crippen molar-refractivity contribution in [1.29, 1.82) is 0 Å². The van der Waals surface area contributed by atoms with Crippen LogP contribution in [0.25, 0.3) is 5.57 Å². The average molecular weight is 200 g/mol. The summed E-state index contributed by atoms with van der Waals surface area (Å²) in [6, 6.07) is 5.23. The molecule has 0 atom stereocenters. The number of hydrazine groups is 1. The third-order valence-electron chi connectivity index (χ3n) is 1.38. The van der Waals surface area contributed by atoms with E-state index in [9.17, 15) is 4.79 Å². The molecule has 0 saturated heterocycles. The van der Waals surface area contributed by atoms with Gasteiger partial charge in [-0.3, -0.25) is 15.2 Å². The molecule has 0 aromatic carbocycles. The van der Waals surface area contributed by atoms with Gasteiger partial charge in [0.15, 0.2) is 0 Å². The zero-order valence-electron chi connectivity index (χ0n) is 6.86. The van der Waals surface area contributed by atoms with Gasteiger partial charge in [0.1, 0.15) is 0 Å². The van der Waals surface area contributed by atoms with Gasteiger partial charge in [0.25, 0.3) is 5.91 Å². The summed E-state index contributed by atoms with van der Waals surface area (Å²) in [6.07, 6.45) is 1.59. The molecule has 1 rings (SSSR count). The molecule has 0 radical (unpaired) electrons. The SMILES string of the molecule is C=C(C(=O)NN)c1ccccn1.Cl. The van der Waals surface area contributed by atoms with Crippen molar-refractivity contribution >= 4 is 23.9 Å². The second kappa shape index (κ2) is 5.29. The molecule has 0 aliphatic rings. The smallest absolute Gasteiger partial charge is 0.266 e. The second-order valence-corrected chi connectivity index (χ2v) is 2.17. The lowest BCUT2D eigenvalue weighted by Crippen LogP contribution is -2.30. The van der Waals surface area contributed by atoms with E-state index < -0.39 is 5.91 Å². The van der Waals surface area contributed by atoms with E-state index in [1.807, 2.05) is 5.43 Å². The Labute approximate surface area is 82.2 Å². The number of amides is 1. The maximum atomic E-state index is 10.9. The summed E-state index contributed by atoms with van der Waals surface area (Å²) in [7, 11) is 0. The molecule has 0 aliphatic carbocycles. The summed E-state index contributed by atoms with van der Waals surface area (Å²) < 4.78 is 0. The normalized spacial score (nSPS) is 8.38. The van der Waals surface area contributed by atoms with Crippen molar-refractivity contribution in [1.82, 2.24) is 10.4 Å². The minimum atomic E-state index is -0.423. The summed E-state index contributed by atoms with van der Waals surface area (Å²) in [5, 5.41) is 0. The summed E-state index contributed by atoms with van der Waals surface area (Å²) in [5.74, 6) is 4.50. The zero-order chi connectivity index (χ0) is 8.97. The number of hydrogen-bond donors (Lipinski definition) is 2. The van der Waals surface area contributed by atoms with Gasteiger partial charge in [-0.15, -0.1) is 12.4 Å². The van der Waals surface area contributed by atoms with Gasteiger partial charge in [-0.05, 0) is 12.1 Å². The Morgan fingerprint density at radius 3 is 2.69 bits per heavy atom. The van der Waals surface area contributed by atoms with E-state index in [1.54, 1.807) is 24.4 Å². The number of carbonyl (C=O) groups is 1. The maximum Gasteiger partial charge on any atom is 0.266 e. The van der Waals surface area contributed by atoms with Crippen molar-refractivity contribution in [2.75, 3.05) is 0 Å². The Kier molecular flexibility index (Phi) is 4.72. The molecule has 0 unspecified atom stereocenters. The number of nitrogens with zero attached hydrogens (tertiary/aromatic N) is 1. The van der Waals surface area contributed by atoms with Crippen molar-refractivity contribution in [2.24, 2.45) is 5.84 Å². The van der Waals surface area contributed by atoms with Crippen LogP contribution in [-0.4, -0.2) is 10.9 Å². The molecular weight excluding hydrogens is 190 g/mol. The van der Waals surface area contributed by atoms with Crippen molar-refractivity contribution < 1.29 is 4.79 Å². The quantitative estimate of drug-likeness (QED) is 0.316. The van der Waals surface area contributed by atoms with Crippen LogP contribution < -0.4 is 11.3 Å². The third-order valence-corrected chi connectivity index (χ3v) is 1.38. The average Bonchev–Trinajstić information content (AvgIpc) is 2.17. The highest BCUT2D eigenvalue weighted by Crippen LogP contribution is 2.06. The monoisotopic (exact) mass is 199 g/mol. The Morgan fingerprint density at radius 1 is 1.54 bits per heavy atom. The maximum absolute atomic E-state index is 10.9. The summed E-state index contributed by atoms with van der Waals surface area (Å²) in [5.41, 5.74) is 2.78. The molecule has 0 aliphatic heterocycles. The van der Waals surface area contributed by atoms with Crippen LogP contribution in [0.15, 0.2) is 31.0 Å². The molecule has 1 aromatic heterocycles. The summed E-state index contributed by atoms with van der Waals surface area (Å²) in [4.78, 5) is 14.9. The molecule has 1 amide bonds. The number of nitrogens with two attached hydrogens (primary N) is 1. The summed E-state index contributed by atoms with van der Waals surface area (Å²) in [6.45, 7) is 3.54. The fourth-order valence-corrected chi connectivity index (χ4v) is 0.745. The van der Waals surface area contributed by atoms with Gasteiger partial charge in [0.05, 0.1) is 11.3 Å². The van der Waals surface area contributed by atoms with E-state index >= 15 is 0 Å². The fraction of sp³-hybridized carbons (Fsp3) is 0. The molecule has 1 heterocycles. The molecule has 0 bridgehead atoms. The second-order valence-electron chi connectivity index (χ2n) is 2.17. The van der Waals surface area contributed by atoms with Gasteiger partial charge in [0, 0.05) is 6.20 Å². The Morgan fingerprint density at radius 2 is 2.23 bits per heavy atom. The van der Waals surface area contributed by atoms with E-state index in [0.717, 1.165) is 0 Å². The third kappa shape index (κ3) is 2.85. The highest BCUT2D eigenvalue weighted by atomic mass is 35.5. The molecule has 0 fully saturated rings. The molecule has 70 valence electrons. The first-order chi connectivity index (χ1) is 5.75. The van der Waals surface area contributed by atoms with Gasteiger partial charge in [-0.1, -0.05) is 12.6 Å². The van der Waals surface area contributed by atoms with E-state index in [1.165, 1.54) is 0 Å². The number of aromatic nitrogens is 1. The first-order valence-electron chi connectivity index (χ1n) is 3.37. The highest BCUT2D eigenvalue weighted by molar-refractivity contribution is 6.17. The molecule has 4 nitrogen and oxygen atoms in total. The Bertz CT molecular complexity index is 300.